The molecule has 0 aromatic rings. The van der Waals surface area contributed by atoms with E-state index in [2.05, 4.69) is 41.5 Å². The van der Waals surface area contributed by atoms with E-state index in [-0.39, 0.29) is 23.3 Å². The minimum Gasteiger partial charge on any atom is -0.382 e. The van der Waals surface area contributed by atoms with Crippen molar-refractivity contribution in [3.63, 3.8) is 0 Å². The smallest absolute Gasteiger partial charge is 0.152 e. The lowest BCUT2D eigenvalue weighted by Crippen LogP contribution is -3.27. The highest BCUT2D eigenvalue weighted by Gasteiger charge is 2.38. The van der Waals surface area contributed by atoms with E-state index in [0.29, 0.717) is 0 Å². The summed E-state index contributed by atoms with van der Waals surface area (Å²) in [5.74, 6) is 0. The van der Waals surface area contributed by atoms with E-state index in [1.165, 1.54) is 9.80 Å². The van der Waals surface area contributed by atoms with Crippen molar-refractivity contribution in [3.8, 4) is 0 Å². The van der Waals surface area contributed by atoms with Gasteiger partial charge in [-0.1, -0.05) is 0 Å². The van der Waals surface area contributed by atoms with E-state index in [9.17, 15) is 10.2 Å². The highest BCUT2D eigenvalue weighted by atomic mass is 16.3. The van der Waals surface area contributed by atoms with Gasteiger partial charge in [0.1, 0.15) is 26.2 Å². The third-order valence-corrected chi connectivity index (χ3v) is 4.05. The lowest BCUT2D eigenvalue weighted by Gasteiger charge is -2.41. The Morgan fingerprint density at radius 3 is 1.06 bits per heavy atom. The van der Waals surface area contributed by atoms with Crippen molar-refractivity contribution in [1.82, 2.24) is 0 Å². The van der Waals surface area contributed by atoms with Crippen LogP contribution in [0.4, 0.5) is 0 Å². The van der Waals surface area contributed by atoms with Crippen molar-refractivity contribution >= 4 is 0 Å². The molecule has 1 saturated heterocycles. The zero-order valence-electron chi connectivity index (χ0n) is 12.9. The second-order valence-corrected chi connectivity index (χ2v) is 7.83. The predicted octanol–water partition coefficient (Wildman–Crippen LogP) is -1.91. The molecule has 0 aliphatic carbocycles. The number of aliphatic hydroxyl groups is 2. The van der Waals surface area contributed by atoms with Gasteiger partial charge in [0.25, 0.3) is 0 Å². The number of aliphatic hydroxyl groups excluding tert-OH is 2. The first kappa shape index (κ1) is 15.9. The summed E-state index contributed by atoms with van der Waals surface area (Å²) in [6.07, 6.45) is -0.582. The standard InChI is InChI=1S/C14H30N2O2/c1-13(2,3)15-7-11(17)9-16(14(4,5)6)10-12(18)8-15/h11-12,17-18H,7-10H2,1-6H3/p+2. The summed E-state index contributed by atoms with van der Waals surface area (Å²) >= 11 is 0. The topological polar surface area (TPSA) is 49.3 Å². The molecule has 0 spiro atoms. The Bertz CT molecular complexity index is 228. The highest BCUT2D eigenvalue weighted by molar-refractivity contribution is 4.67. The maximum absolute atomic E-state index is 10.2. The third kappa shape index (κ3) is 4.50. The number of hydrogen-bond acceptors (Lipinski definition) is 2. The minimum absolute atomic E-state index is 0.0706. The molecule has 1 heterocycles. The van der Waals surface area contributed by atoms with Crippen LogP contribution in [0.5, 0.6) is 0 Å². The van der Waals surface area contributed by atoms with Crippen LogP contribution < -0.4 is 9.80 Å². The van der Waals surface area contributed by atoms with Gasteiger partial charge in [0.05, 0.1) is 11.1 Å². The second-order valence-electron chi connectivity index (χ2n) is 7.83. The average Bonchev–Trinajstić information content (AvgIpc) is 2.09. The van der Waals surface area contributed by atoms with Crippen LogP contribution in [-0.2, 0) is 0 Å². The van der Waals surface area contributed by atoms with Gasteiger partial charge in [-0.05, 0) is 41.5 Å². The van der Waals surface area contributed by atoms with Crippen LogP contribution in [0.1, 0.15) is 41.5 Å². The molecule has 4 N–H and O–H groups in total. The van der Waals surface area contributed by atoms with Crippen LogP contribution in [0, 0.1) is 0 Å². The molecule has 0 radical (unpaired) electrons. The quantitative estimate of drug-likeness (QED) is 0.411. The number of rotatable bonds is 0. The zero-order valence-corrected chi connectivity index (χ0v) is 12.9. The number of hydrogen-bond donors (Lipinski definition) is 4. The Morgan fingerprint density at radius 1 is 0.667 bits per heavy atom. The number of nitrogens with one attached hydrogen (secondary N) is 2. The van der Waals surface area contributed by atoms with Crippen molar-refractivity contribution in [2.45, 2.75) is 64.8 Å². The van der Waals surface area contributed by atoms with Crippen LogP contribution >= 0.6 is 0 Å². The molecular formula is C14H32N2O2+2. The molecule has 108 valence electrons. The first-order valence-corrected chi connectivity index (χ1v) is 7.06. The van der Waals surface area contributed by atoms with Gasteiger partial charge in [-0.25, -0.2) is 0 Å². The molecule has 0 atom stereocenters. The highest BCUT2D eigenvalue weighted by Crippen LogP contribution is 1.98. The minimum atomic E-state index is -0.291. The van der Waals surface area contributed by atoms with Crippen molar-refractivity contribution in [1.29, 1.82) is 0 Å². The summed E-state index contributed by atoms with van der Waals surface area (Å²) in [6, 6.07) is 0. The van der Waals surface area contributed by atoms with E-state index in [0.717, 1.165) is 26.2 Å². The normalized spacial score (nSPS) is 36.0. The molecule has 1 aliphatic rings. The first-order valence-electron chi connectivity index (χ1n) is 7.06. The maximum Gasteiger partial charge on any atom is 0.152 e. The Hall–Kier alpha value is -0.160. The van der Waals surface area contributed by atoms with Gasteiger partial charge in [0.2, 0.25) is 0 Å². The molecule has 1 fully saturated rings. The predicted molar refractivity (Wildman–Crippen MR) is 72.9 cm³/mol. The van der Waals surface area contributed by atoms with Gasteiger partial charge in [0, 0.05) is 0 Å². The van der Waals surface area contributed by atoms with Crippen molar-refractivity contribution < 1.29 is 20.0 Å². The molecule has 1 aliphatic heterocycles. The maximum atomic E-state index is 10.2. The zero-order chi connectivity index (χ0) is 14.1. The van der Waals surface area contributed by atoms with Crippen molar-refractivity contribution in [2.75, 3.05) is 26.2 Å². The van der Waals surface area contributed by atoms with Gasteiger partial charge in [-0.15, -0.1) is 0 Å². The molecule has 0 unspecified atom stereocenters. The van der Waals surface area contributed by atoms with Gasteiger partial charge < -0.3 is 20.0 Å². The van der Waals surface area contributed by atoms with Crippen LogP contribution in [0.2, 0.25) is 0 Å². The molecule has 0 saturated carbocycles. The fourth-order valence-corrected chi connectivity index (χ4v) is 2.67. The second kappa shape index (κ2) is 5.45. The summed E-state index contributed by atoms with van der Waals surface area (Å²) in [5, 5.41) is 20.5. The third-order valence-electron chi connectivity index (χ3n) is 4.05. The van der Waals surface area contributed by atoms with Crippen LogP contribution in [-0.4, -0.2) is 59.7 Å². The molecule has 1 rings (SSSR count). The molecule has 18 heavy (non-hydrogen) atoms. The van der Waals surface area contributed by atoms with E-state index in [1.807, 2.05) is 0 Å². The summed E-state index contributed by atoms with van der Waals surface area (Å²) in [5.41, 5.74) is 0.141. The summed E-state index contributed by atoms with van der Waals surface area (Å²) in [4.78, 5) is 2.57. The van der Waals surface area contributed by atoms with Crippen molar-refractivity contribution in [3.05, 3.63) is 0 Å². The molecule has 0 amide bonds. The fraction of sp³-hybridized carbons (Fsp3) is 1.00. The van der Waals surface area contributed by atoms with Gasteiger partial charge >= 0.3 is 0 Å². The largest absolute Gasteiger partial charge is 0.382 e. The average molecular weight is 260 g/mol. The molecular weight excluding hydrogens is 228 g/mol. The Morgan fingerprint density at radius 2 is 0.889 bits per heavy atom. The Labute approximate surface area is 112 Å². The first-order chi connectivity index (χ1) is 8.00. The van der Waals surface area contributed by atoms with Crippen LogP contribution in [0.25, 0.3) is 0 Å². The van der Waals surface area contributed by atoms with Crippen LogP contribution in [0.15, 0.2) is 0 Å². The van der Waals surface area contributed by atoms with E-state index in [4.69, 9.17) is 0 Å². The van der Waals surface area contributed by atoms with E-state index < -0.39 is 0 Å². The van der Waals surface area contributed by atoms with E-state index >= 15 is 0 Å². The molecule has 4 nitrogen and oxygen atoms in total. The molecule has 0 aromatic heterocycles. The SMILES string of the molecule is CC(C)(C)[NH+]1CC(O)C[NH+](C(C)(C)C)CC(O)C1. The van der Waals surface area contributed by atoms with Gasteiger partial charge in [-0.2, -0.15) is 0 Å². The summed E-state index contributed by atoms with van der Waals surface area (Å²) < 4.78 is 0. The van der Waals surface area contributed by atoms with Crippen molar-refractivity contribution in [2.24, 2.45) is 0 Å². The summed E-state index contributed by atoms with van der Waals surface area (Å²) in [6.45, 7) is 15.9. The molecule has 0 aromatic carbocycles. The monoisotopic (exact) mass is 260 g/mol. The summed E-state index contributed by atoms with van der Waals surface area (Å²) in [7, 11) is 0. The molecule has 4 heteroatoms. The molecule has 0 bridgehead atoms. The van der Waals surface area contributed by atoms with Gasteiger partial charge in [0.15, 0.2) is 12.2 Å². The lowest BCUT2D eigenvalue weighted by molar-refractivity contribution is -0.990. The Balaban J connectivity index is 2.78. The number of quaternary nitrogens is 2. The van der Waals surface area contributed by atoms with E-state index in [1.54, 1.807) is 0 Å². The Kier molecular flexibility index (Phi) is 4.81. The van der Waals surface area contributed by atoms with Crippen LogP contribution in [0.3, 0.4) is 0 Å². The fourth-order valence-electron chi connectivity index (χ4n) is 2.67. The lowest BCUT2D eigenvalue weighted by atomic mass is 9.99. The van der Waals surface area contributed by atoms with Gasteiger partial charge in [-0.3, -0.25) is 0 Å².